The predicted molar refractivity (Wildman–Crippen MR) is 306 cm³/mol. The van der Waals surface area contributed by atoms with E-state index in [1.54, 1.807) is 0 Å². The molecule has 0 radical (unpaired) electrons. The van der Waals surface area contributed by atoms with Crippen LogP contribution in [0.4, 0.5) is 0 Å². The van der Waals surface area contributed by atoms with Gasteiger partial charge in [-0.1, -0.05) is 178 Å². The van der Waals surface area contributed by atoms with Crippen molar-refractivity contribution in [2.24, 2.45) is 0 Å². The zero-order valence-corrected chi connectivity index (χ0v) is 41.7. The lowest BCUT2D eigenvalue weighted by Crippen LogP contribution is -2.30. The molecule has 0 atom stereocenters. The summed E-state index contributed by atoms with van der Waals surface area (Å²) in [5.41, 5.74) is 24.1. The Kier molecular flexibility index (Phi) is 9.45. The molecule has 0 spiro atoms. The number of rotatable bonds is 4. The standard InChI is InChI=1S/C70H48N4O/c1-70(2,3)44-36-37-71-68(38-44)74-65-32-15-13-29-57(65)58-35-34-47(40-67(58)74)75-46-19-16-18-45(39-46)72-43-73-64-31-14-12-28-56(64)52-24-8-11-27-55(52)62-41-60-53-25-9-6-22-50(53)48-20-4-5-21-49(48)51-23-7-10-26-54(51)61(60)42-63(62)59-30-17-33-66(72)69(59)73/h4-42H,1-3H3. The maximum Gasteiger partial charge on any atom is 0.269 e. The third kappa shape index (κ3) is 6.71. The molecule has 0 saturated carbocycles. The van der Waals surface area contributed by atoms with Crippen LogP contribution in [-0.4, -0.2) is 14.1 Å². The highest BCUT2D eigenvalue weighted by molar-refractivity contribution is 6.11. The number of imidazole rings is 1. The Bertz CT molecular complexity index is 4510. The first-order valence-electron chi connectivity index (χ1n) is 25.8. The van der Waals surface area contributed by atoms with Crippen LogP contribution in [0.1, 0.15) is 26.3 Å². The van der Waals surface area contributed by atoms with Gasteiger partial charge in [-0.25, -0.2) is 4.98 Å². The van der Waals surface area contributed by atoms with E-state index in [2.05, 4.69) is 265 Å². The zero-order valence-electron chi connectivity index (χ0n) is 41.7. The molecule has 1 aliphatic carbocycles. The fourth-order valence-corrected chi connectivity index (χ4v) is 12.0. The van der Waals surface area contributed by atoms with Gasteiger partial charge in [0.05, 0.1) is 33.4 Å². The first-order valence-corrected chi connectivity index (χ1v) is 25.8. The molecule has 354 valence electrons. The van der Waals surface area contributed by atoms with Gasteiger partial charge in [-0.3, -0.25) is 13.7 Å². The largest absolute Gasteiger partial charge is 0.458 e. The van der Waals surface area contributed by atoms with Crippen LogP contribution in [0, 0.1) is 6.33 Å². The van der Waals surface area contributed by atoms with Crippen molar-refractivity contribution in [3.63, 3.8) is 0 Å². The molecule has 0 fully saturated rings. The minimum absolute atomic E-state index is 0.0269. The number of benzene rings is 10. The van der Waals surface area contributed by atoms with Crippen LogP contribution in [-0.2, 0) is 5.41 Å². The van der Waals surface area contributed by atoms with Crippen LogP contribution in [0.25, 0.3) is 128 Å². The summed E-state index contributed by atoms with van der Waals surface area (Å²) in [7, 11) is 0. The van der Waals surface area contributed by atoms with Gasteiger partial charge in [0, 0.05) is 23.0 Å². The van der Waals surface area contributed by atoms with E-state index in [-0.39, 0.29) is 5.41 Å². The van der Waals surface area contributed by atoms with Crippen LogP contribution in [0.3, 0.4) is 0 Å². The fraction of sp³-hybridized carbons (Fsp3) is 0.0571. The third-order valence-corrected chi connectivity index (χ3v) is 15.5. The molecule has 0 amide bonds. The quantitative estimate of drug-likeness (QED) is 0.130. The molecule has 1 aliphatic heterocycles. The van der Waals surface area contributed by atoms with Gasteiger partial charge in [-0.2, -0.15) is 0 Å². The highest BCUT2D eigenvalue weighted by Gasteiger charge is 2.29. The third-order valence-electron chi connectivity index (χ3n) is 15.5. The molecule has 0 bridgehead atoms. The van der Waals surface area contributed by atoms with Gasteiger partial charge in [0.1, 0.15) is 17.3 Å². The van der Waals surface area contributed by atoms with Crippen LogP contribution in [0.15, 0.2) is 237 Å². The molecule has 0 unspecified atom stereocenters. The van der Waals surface area contributed by atoms with Crippen LogP contribution in [0.2, 0.25) is 0 Å². The van der Waals surface area contributed by atoms with Crippen molar-refractivity contribution in [3.05, 3.63) is 249 Å². The lowest BCUT2D eigenvalue weighted by atomic mass is 9.78. The first kappa shape index (κ1) is 43.0. The Hall–Kier alpha value is -9.58. The summed E-state index contributed by atoms with van der Waals surface area (Å²) < 4.78 is 13.6. The molecule has 4 heterocycles. The van der Waals surface area contributed by atoms with Crippen molar-refractivity contribution in [1.82, 2.24) is 14.1 Å². The van der Waals surface area contributed by atoms with Crippen LogP contribution < -0.4 is 9.30 Å². The summed E-state index contributed by atoms with van der Waals surface area (Å²) in [6, 6.07) is 83.7. The normalized spacial score (nSPS) is 12.2. The van der Waals surface area contributed by atoms with E-state index in [1.807, 2.05) is 12.3 Å². The van der Waals surface area contributed by atoms with Gasteiger partial charge in [0.25, 0.3) is 6.33 Å². The predicted octanol–water partition coefficient (Wildman–Crippen LogP) is 17.6. The van der Waals surface area contributed by atoms with Gasteiger partial charge < -0.3 is 4.74 Å². The van der Waals surface area contributed by atoms with Crippen molar-refractivity contribution in [3.8, 4) is 107 Å². The highest BCUT2D eigenvalue weighted by Crippen LogP contribution is 2.52. The summed E-state index contributed by atoms with van der Waals surface area (Å²) in [4.78, 5) is 4.92. The molecule has 5 heteroatoms. The summed E-state index contributed by atoms with van der Waals surface area (Å²) in [6.45, 7) is 6.72. The number of nitrogens with zero attached hydrogens (tertiary/aromatic N) is 4. The zero-order chi connectivity index (χ0) is 49.9. The number of fused-ring (bicyclic) bond motifs is 18. The van der Waals surface area contributed by atoms with E-state index in [0.29, 0.717) is 0 Å². The molecule has 15 rings (SSSR count). The number of aromatic nitrogens is 4. The first-order chi connectivity index (χ1) is 36.8. The SMILES string of the molecule is CC(C)(C)c1ccnc(-n2c3ccccc3c3ccc(Oc4cccc(-n5[c-][n+]6c7c(cccc75)-c5cc7c(cc5-c5ccccc5-c5ccccc5-6)-c5ccccc5-c5ccccc5-c5ccccc5-7)c4)cc32)c1. The van der Waals surface area contributed by atoms with E-state index in [9.17, 15) is 0 Å². The highest BCUT2D eigenvalue weighted by atomic mass is 16.5. The van der Waals surface area contributed by atoms with Gasteiger partial charge in [-0.05, 0) is 156 Å². The van der Waals surface area contributed by atoms with Gasteiger partial charge in [0.2, 0.25) is 0 Å². The second kappa shape index (κ2) is 16.5. The average molecular weight is 961 g/mol. The maximum atomic E-state index is 6.87. The lowest BCUT2D eigenvalue weighted by molar-refractivity contribution is -0.571. The Balaban J connectivity index is 0.925. The summed E-state index contributed by atoms with van der Waals surface area (Å²) in [5.74, 6) is 2.35. The molecular formula is C70H48N4O. The van der Waals surface area contributed by atoms with Gasteiger partial charge in [-0.15, -0.1) is 0 Å². The number of para-hydroxylation sites is 3. The van der Waals surface area contributed by atoms with Crippen molar-refractivity contribution in [1.29, 1.82) is 0 Å². The van der Waals surface area contributed by atoms with E-state index < -0.39 is 0 Å². The molecular weight excluding hydrogens is 913 g/mol. The van der Waals surface area contributed by atoms with Crippen molar-refractivity contribution in [2.75, 3.05) is 0 Å². The molecule has 2 aliphatic rings. The Morgan fingerprint density at radius 3 is 1.53 bits per heavy atom. The van der Waals surface area contributed by atoms with Gasteiger partial charge in [0.15, 0.2) is 0 Å². The molecule has 3 aromatic heterocycles. The maximum absolute atomic E-state index is 6.87. The monoisotopic (exact) mass is 960 g/mol. The molecule has 10 aromatic carbocycles. The summed E-state index contributed by atoms with van der Waals surface area (Å²) >= 11 is 0. The lowest BCUT2D eigenvalue weighted by Gasteiger charge is -2.25. The molecule has 75 heavy (non-hydrogen) atoms. The topological polar surface area (TPSA) is 35.9 Å². The minimum Gasteiger partial charge on any atom is -0.458 e. The number of hydrogen-bond acceptors (Lipinski definition) is 2. The Labute approximate surface area is 435 Å². The molecule has 5 nitrogen and oxygen atoms in total. The Morgan fingerprint density at radius 1 is 0.400 bits per heavy atom. The average Bonchev–Trinajstić information content (AvgIpc) is 4.08. The number of hydrogen-bond donors (Lipinski definition) is 0. The van der Waals surface area contributed by atoms with E-state index >= 15 is 0 Å². The van der Waals surface area contributed by atoms with Crippen molar-refractivity contribution < 1.29 is 9.30 Å². The molecule has 0 N–H and O–H groups in total. The van der Waals surface area contributed by atoms with E-state index in [4.69, 9.17) is 9.72 Å². The van der Waals surface area contributed by atoms with Crippen molar-refractivity contribution in [2.45, 2.75) is 26.2 Å². The van der Waals surface area contributed by atoms with E-state index in [1.165, 1.54) is 66.6 Å². The summed E-state index contributed by atoms with van der Waals surface area (Å²) in [6.07, 6.45) is 5.84. The van der Waals surface area contributed by atoms with Crippen molar-refractivity contribution >= 4 is 32.8 Å². The molecule has 0 saturated heterocycles. The second-order valence-corrected chi connectivity index (χ2v) is 20.9. The number of ether oxygens (including phenoxy) is 1. The van der Waals surface area contributed by atoms with Crippen LogP contribution >= 0.6 is 0 Å². The minimum atomic E-state index is -0.0269. The second-order valence-electron chi connectivity index (χ2n) is 20.9. The molecule has 13 aromatic rings. The smallest absolute Gasteiger partial charge is 0.269 e. The Morgan fingerprint density at radius 2 is 0.893 bits per heavy atom. The van der Waals surface area contributed by atoms with Crippen LogP contribution in [0.5, 0.6) is 11.5 Å². The fourth-order valence-electron chi connectivity index (χ4n) is 12.0. The van der Waals surface area contributed by atoms with Gasteiger partial charge >= 0.3 is 0 Å². The number of pyridine rings is 1. The van der Waals surface area contributed by atoms with E-state index in [0.717, 1.165) is 78.4 Å². The summed E-state index contributed by atoms with van der Waals surface area (Å²) in [5, 5.41) is 2.32.